The molecule has 1 aromatic rings. The zero-order chi connectivity index (χ0) is 12.7. The molecule has 0 saturated carbocycles. The Hall–Kier alpha value is -0.940. The second kappa shape index (κ2) is 7.40. The Bertz CT molecular complexity index is 385. The number of aliphatic hydroxyl groups excluding tert-OH is 1. The van der Waals surface area contributed by atoms with Gasteiger partial charge in [-0.1, -0.05) is 0 Å². The van der Waals surface area contributed by atoms with Gasteiger partial charge in [0.05, 0.1) is 4.47 Å². The fraction of sp³-hybridized carbons (Fsp3) is 0.417. The van der Waals surface area contributed by atoms with Crippen LogP contribution in [0.4, 0.5) is 4.39 Å². The largest absolute Gasteiger partial charge is 0.396 e. The molecule has 2 N–H and O–H groups in total. The summed E-state index contributed by atoms with van der Waals surface area (Å²) in [5.74, 6) is -0.598. The van der Waals surface area contributed by atoms with Crippen LogP contribution >= 0.6 is 15.9 Å². The highest BCUT2D eigenvalue weighted by Crippen LogP contribution is 2.16. The van der Waals surface area contributed by atoms with Crippen LogP contribution in [0.1, 0.15) is 29.6 Å². The Labute approximate surface area is 108 Å². The van der Waals surface area contributed by atoms with Crippen molar-refractivity contribution in [2.45, 2.75) is 19.3 Å². The highest BCUT2D eigenvalue weighted by molar-refractivity contribution is 9.10. The van der Waals surface area contributed by atoms with E-state index in [2.05, 4.69) is 21.2 Å². The monoisotopic (exact) mass is 303 g/mol. The summed E-state index contributed by atoms with van der Waals surface area (Å²) < 4.78 is 13.2. The average molecular weight is 304 g/mol. The molecular formula is C12H15BrFNO2. The minimum atomic E-state index is -0.385. The molecule has 0 atom stereocenters. The predicted molar refractivity (Wildman–Crippen MR) is 67.4 cm³/mol. The number of carbonyl (C=O) groups is 1. The number of hydrogen-bond donors (Lipinski definition) is 2. The van der Waals surface area contributed by atoms with Crippen LogP contribution in [-0.4, -0.2) is 24.2 Å². The normalized spacial score (nSPS) is 10.3. The third-order valence-corrected chi connectivity index (χ3v) is 2.91. The zero-order valence-electron chi connectivity index (χ0n) is 9.38. The summed E-state index contributed by atoms with van der Waals surface area (Å²) in [6.07, 6.45) is 2.45. The van der Waals surface area contributed by atoms with Gasteiger partial charge in [-0.2, -0.15) is 0 Å². The molecule has 0 saturated heterocycles. The first kappa shape index (κ1) is 14.1. The first-order valence-electron chi connectivity index (χ1n) is 5.49. The van der Waals surface area contributed by atoms with Gasteiger partial charge in [0.15, 0.2) is 0 Å². The van der Waals surface area contributed by atoms with Gasteiger partial charge in [0.1, 0.15) is 5.82 Å². The summed E-state index contributed by atoms with van der Waals surface area (Å²) in [4.78, 5) is 11.6. The van der Waals surface area contributed by atoms with Crippen molar-refractivity contribution in [3.8, 4) is 0 Å². The van der Waals surface area contributed by atoms with Gasteiger partial charge in [-0.25, -0.2) is 4.39 Å². The maximum Gasteiger partial charge on any atom is 0.251 e. The van der Waals surface area contributed by atoms with E-state index in [0.717, 1.165) is 19.3 Å². The van der Waals surface area contributed by atoms with E-state index in [9.17, 15) is 9.18 Å². The second-order valence-corrected chi connectivity index (χ2v) is 4.52. The van der Waals surface area contributed by atoms with E-state index in [4.69, 9.17) is 5.11 Å². The van der Waals surface area contributed by atoms with E-state index >= 15 is 0 Å². The molecule has 1 amide bonds. The number of halogens is 2. The molecule has 3 nitrogen and oxygen atoms in total. The average Bonchev–Trinajstić information content (AvgIpc) is 2.32. The Morgan fingerprint density at radius 1 is 1.35 bits per heavy atom. The molecule has 0 radical (unpaired) electrons. The molecule has 1 rings (SSSR count). The molecule has 0 aliphatic rings. The molecule has 0 aromatic heterocycles. The fourth-order valence-electron chi connectivity index (χ4n) is 1.35. The third kappa shape index (κ3) is 4.83. The van der Waals surface area contributed by atoms with Crippen molar-refractivity contribution < 1.29 is 14.3 Å². The number of carbonyl (C=O) groups excluding carboxylic acids is 1. The van der Waals surface area contributed by atoms with Crippen LogP contribution in [-0.2, 0) is 0 Å². The summed E-state index contributed by atoms with van der Waals surface area (Å²) in [7, 11) is 0. The molecule has 5 heteroatoms. The fourth-order valence-corrected chi connectivity index (χ4v) is 1.73. The van der Waals surface area contributed by atoms with Gasteiger partial charge in [-0.05, 0) is 53.4 Å². The first-order chi connectivity index (χ1) is 8.15. The Morgan fingerprint density at radius 3 is 2.76 bits per heavy atom. The van der Waals surface area contributed by atoms with Crippen LogP contribution in [0.2, 0.25) is 0 Å². The third-order valence-electron chi connectivity index (χ3n) is 2.30. The summed E-state index contributed by atoms with van der Waals surface area (Å²) in [5.41, 5.74) is 0.431. The number of aliphatic hydroxyl groups is 1. The first-order valence-corrected chi connectivity index (χ1v) is 6.28. The van der Waals surface area contributed by atoms with E-state index in [1.807, 2.05) is 0 Å². The Balaban J connectivity index is 2.39. The standard InChI is InChI=1S/C12H15BrFNO2/c13-10-8-9(4-5-11(10)14)12(17)15-6-2-1-3-7-16/h4-5,8,16H,1-3,6-7H2,(H,15,17). The molecule has 0 aliphatic heterocycles. The summed E-state index contributed by atoms with van der Waals surface area (Å²) in [6.45, 7) is 0.743. The molecular weight excluding hydrogens is 289 g/mol. The lowest BCUT2D eigenvalue weighted by atomic mass is 10.2. The second-order valence-electron chi connectivity index (χ2n) is 3.67. The molecule has 0 fully saturated rings. The summed E-state index contributed by atoms with van der Waals surface area (Å²) >= 11 is 3.03. The van der Waals surface area contributed by atoms with Crippen LogP contribution < -0.4 is 5.32 Å². The smallest absolute Gasteiger partial charge is 0.251 e. The maximum absolute atomic E-state index is 13.0. The lowest BCUT2D eigenvalue weighted by Gasteiger charge is -2.05. The molecule has 94 valence electrons. The number of nitrogens with one attached hydrogen (secondary N) is 1. The van der Waals surface area contributed by atoms with Crippen molar-refractivity contribution in [1.29, 1.82) is 0 Å². The molecule has 0 spiro atoms. The SMILES string of the molecule is O=C(NCCCCCO)c1ccc(F)c(Br)c1. The molecule has 0 unspecified atom stereocenters. The topological polar surface area (TPSA) is 49.3 Å². The van der Waals surface area contributed by atoms with E-state index in [-0.39, 0.29) is 22.8 Å². The van der Waals surface area contributed by atoms with Crippen molar-refractivity contribution in [3.05, 3.63) is 34.1 Å². The molecule has 0 heterocycles. The van der Waals surface area contributed by atoms with Gasteiger partial charge in [-0.15, -0.1) is 0 Å². The van der Waals surface area contributed by atoms with Crippen molar-refractivity contribution in [2.24, 2.45) is 0 Å². The molecule has 0 bridgehead atoms. The van der Waals surface area contributed by atoms with Crippen LogP contribution in [0.15, 0.2) is 22.7 Å². The van der Waals surface area contributed by atoms with Gasteiger partial charge in [0.2, 0.25) is 0 Å². The highest BCUT2D eigenvalue weighted by Gasteiger charge is 2.07. The summed E-state index contributed by atoms with van der Waals surface area (Å²) in [5, 5.41) is 11.3. The number of unbranched alkanes of at least 4 members (excludes halogenated alkanes) is 2. The van der Waals surface area contributed by atoms with Gasteiger partial charge in [0.25, 0.3) is 5.91 Å². The molecule has 0 aliphatic carbocycles. The predicted octanol–water partition coefficient (Wildman–Crippen LogP) is 2.48. The highest BCUT2D eigenvalue weighted by atomic mass is 79.9. The zero-order valence-corrected chi connectivity index (χ0v) is 11.0. The van der Waals surface area contributed by atoms with E-state index in [0.29, 0.717) is 12.1 Å². The van der Waals surface area contributed by atoms with Gasteiger partial charge in [0, 0.05) is 18.7 Å². The number of benzene rings is 1. The Morgan fingerprint density at radius 2 is 2.12 bits per heavy atom. The van der Waals surface area contributed by atoms with Crippen LogP contribution in [0.3, 0.4) is 0 Å². The van der Waals surface area contributed by atoms with Crippen LogP contribution in [0.25, 0.3) is 0 Å². The minimum Gasteiger partial charge on any atom is -0.396 e. The van der Waals surface area contributed by atoms with Crippen molar-refractivity contribution in [3.63, 3.8) is 0 Å². The lowest BCUT2D eigenvalue weighted by molar-refractivity contribution is 0.0952. The van der Waals surface area contributed by atoms with Crippen molar-refractivity contribution in [1.82, 2.24) is 5.32 Å². The van der Waals surface area contributed by atoms with Crippen LogP contribution in [0.5, 0.6) is 0 Å². The van der Waals surface area contributed by atoms with E-state index in [1.165, 1.54) is 18.2 Å². The van der Waals surface area contributed by atoms with Gasteiger partial charge in [-0.3, -0.25) is 4.79 Å². The Kier molecular flexibility index (Phi) is 6.15. The molecule has 1 aromatic carbocycles. The van der Waals surface area contributed by atoms with Gasteiger partial charge >= 0.3 is 0 Å². The van der Waals surface area contributed by atoms with Gasteiger partial charge < -0.3 is 10.4 Å². The summed E-state index contributed by atoms with van der Waals surface area (Å²) in [6, 6.07) is 4.16. The maximum atomic E-state index is 13.0. The van der Waals surface area contributed by atoms with E-state index < -0.39 is 0 Å². The number of hydrogen-bond acceptors (Lipinski definition) is 2. The van der Waals surface area contributed by atoms with Crippen LogP contribution in [0, 0.1) is 5.82 Å². The lowest BCUT2D eigenvalue weighted by Crippen LogP contribution is -2.24. The molecule has 17 heavy (non-hydrogen) atoms. The quantitative estimate of drug-likeness (QED) is 0.793. The minimum absolute atomic E-state index is 0.179. The number of amides is 1. The van der Waals surface area contributed by atoms with Crippen molar-refractivity contribution in [2.75, 3.05) is 13.2 Å². The van der Waals surface area contributed by atoms with Crippen molar-refractivity contribution >= 4 is 21.8 Å². The number of rotatable bonds is 6. The van der Waals surface area contributed by atoms with E-state index in [1.54, 1.807) is 0 Å².